The molecule has 4 nitrogen and oxygen atoms in total. The fraction of sp³-hybridized carbons (Fsp3) is 0.812. The molecule has 0 rings (SSSR count). The van der Waals surface area contributed by atoms with Gasteiger partial charge in [-0.1, -0.05) is 115 Å². The van der Waals surface area contributed by atoms with Crippen LogP contribution < -0.4 is 10.2 Å². The standard InChI is InChI=1S/2C16H30O2.Zn/c2*1-2-3-4-5-6-7-8-9-10-11-12-13-14-15-16(17)18;/h2*7-8H,2-6,9-15H2,1H3,(H,17,18);/q;;+2/p-2/b8-7+;8-7-;. The van der Waals surface area contributed by atoms with E-state index in [1.54, 1.807) is 0 Å². The van der Waals surface area contributed by atoms with Gasteiger partial charge in [-0.3, -0.25) is 0 Å². The summed E-state index contributed by atoms with van der Waals surface area (Å²) < 4.78 is 0. The maximum Gasteiger partial charge on any atom is 2.00 e. The van der Waals surface area contributed by atoms with Gasteiger partial charge in [-0.2, -0.15) is 0 Å². The van der Waals surface area contributed by atoms with Crippen LogP contribution >= 0.6 is 0 Å². The molecule has 0 aromatic carbocycles. The van der Waals surface area contributed by atoms with Crippen molar-refractivity contribution in [3.8, 4) is 0 Å². The number of unbranched alkanes of at least 4 members (excludes halogenated alkanes) is 18. The molecule has 0 saturated heterocycles. The average molecular weight is 572 g/mol. The molecule has 0 heterocycles. The fourth-order valence-electron chi connectivity index (χ4n) is 3.97. The quantitative estimate of drug-likeness (QED) is 0.0598. The molecule has 0 atom stereocenters. The number of carbonyl (C=O) groups excluding carboxylic acids is 2. The number of carboxylic acid groups (broad SMARTS) is 2. The summed E-state index contributed by atoms with van der Waals surface area (Å²) >= 11 is 0. The average Bonchev–Trinajstić information content (AvgIpc) is 2.85. The maximum atomic E-state index is 10.2. The summed E-state index contributed by atoms with van der Waals surface area (Å²) in [6.07, 6.45) is 36.0. The predicted molar refractivity (Wildman–Crippen MR) is 150 cm³/mol. The van der Waals surface area contributed by atoms with Crippen LogP contribution in [-0.4, -0.2) is 11.9 Å². The molecule has 5 heteroatoms. The number of rotatable bonds is 26. The molecule has 0 spiro atoms. The van der Waals surface area contributed by atoms with Gasteiger partial charge in [-0.05, 0) is 77.0 Å². The van der Waals surface area contributed by atoms with E-state index in [0.717, 1.165) is 38.5 Å². The summed E-state index contributed by atoms with van der Waals surface area (Å²) in [6.45, 7) is 4.48. The Morgan fingerprint density at radius 2 is 0.676 bits per heavy atom. The summed E-state index contributed by atoms with van der Waals surface area (Å²) in [5, 5.41) is 20.4. The molecule has 0 aromatic rings. The van der Waals surface area contributed by atoms with Crippen molar-refractivity contribution in [2.45, 2.75) is 168 Å². The molecule has 0 bridgehead atoms. The summed E-state index contributed by atoms with van der Waals surface area (Å²) in [6, 6.07) is 0. The van der Waals surface area contributed by atoms with Crippen LogP contribution in [0.2, 0.25) is 0 Å². The number of carbonyl (C=O) groups is 2. The van der Waals surface area contributed by atoms with Crippen LogP contribution in [0.15, 0.2) is 24.3 Å². The van der Waals surface area contributed by atoms with Gasteiger partial charge in [0.25, 0.3) is 0 Å². The Morgan fingerprint density at radius 1 is 0.432 bits per heavy atom. The van der Waals surface area contributed by atoms with Gasteiger partial charge < -0.3 is 19.8 Å². The minimum Gasteiger partial charge on any atom is -0.550 e. The number of aliphatic carboxylic acids is 2. The van der Waals surface area contributed by atoms with Gasteiger partial charge in [-0.25, -0.2) is 0 Å². The first kappa shape index (κ1) is 40.5. The van der Waals surface area contributed by atoms with Crippen LogP contribution in [0.3, 0.4) is 0 Å². The van der Waals surface area contributed by atoms with Gasteiger partial charge in [0.1, 0.15) is 0 Å². The van der Waals surface area contributed by atoms with E-state index < -0.39 is 11.9 Å². The normalized spacial score (nSPS) is 10.9. The van der Waals surface area contributed by atoms with E-state index in [1.165, 1.54) is 103 Å². The summed E-state index contributed by atoms with van der Waals surface area (Å²) in [5.74, 6) is -1.83. The van der Waals surface area contributed by atoms with E-state index >= 15 is 0 Å². The number of carboxylic acids is 2. The van der Waals surface area contributed by atoms with Crippen molar-refractivity contribution in [1.82, 2.24) is 0 Å². The van der Waals surface area contributed by atoms with Gasteiger partial charge in [0.15, 0.2) is 0 Å². The van der Waals surface area contributed by atoms with Crippen LogP contribution in [0.1, 0.15) is 168 Å². The van der Waals surface area contributed by atoms with Crippen LogP contribution in [0.25, 0.3) is 0 Å². The Balaban J connectivity index is -0.000000608. The van der Waals surface area contributed by atoms with E-state index in [4.69, 9.17) is 0 Å². The molecule has 0 fully saturated rings. The van der Waals surface area contributed by atoms with E-state index in [2.05, 4.69) is 38.2 Å². The number of allylic oxidation sites excluding steroid dienone is 4. The zero-order valence-corrected chi connectivity index (χ0v) is 27.6. The van der Waals surface area contributed by atoms with Crippen molar-refractivity contribution < 1.29 is 39.3 Å². The molecule has 0 aromatic heterocycles. The van der Waals surface area contributed by atoms with E-state index in [1.807, 2.05) is 0 Å². The molecule has 0 aliphatic carbocycles. The Hall–Kier alpha value is -0.957. The van der Waals surface area contributed by atoms with E-state index in [9.17, 15) is 19.8 Å². The van der Waals surface area contributed by atoms with E-state index in [-0.39, 0.29) is 32.3 Å². The number of hydrogen-bond donors (Lipinski definition) is 0. The van der Waals surface area contributed by atoms with Crippen molar-refractivity contribution in [3.05, 3.63) is 24.3 Å². The summed E-state index contributed by atoms with van der Waals surface area (Å²) in [5.41, 5.74) is 0. The van der Waals surface area contributed by atoms with Gasteiger partial charge in [0, 0.05) is 11.9 Å². The van der Waals surface area contributed by atoms with Crippen LogP contribution in [0.5, 0.6) is 0 Å². The predicted octanol–water partition coefficient (Wildman–Crippen LogP) is 7.98. The van der Waals surface area contributed by atoms with Gasteiger partial charge in [0.2, 0.25) is 0 Å². The molecule has 0 saturated carbocycles. The molecule has 212 valence electrons. The molecular formula is C32H58O4Zn. The van der Waals surface area contributed by atoms with E-state index in [0.29, 0.717) is 0 Å². The zero-order chi connectivity index (χ0) is 27.0. The Morgan fingerprint density at radius 3 is 0.946 bits per heavy atom. The zero-order valence-electron chi connectivity index (χ0n) is 24.6. The first-order valence-corrected chi connectivity index (χ1v) is 15.2. The Labute approximate surface area is 242 Å². The Kier molecular flexibility index (Phi) is 40.8. The molecule has 0 aliphatic heterocycles. The second-order valence-electron chi connectivity index (χ2n) is 10.00. The molecule has 0 radical (unpaired) electrons. The third-order valence-electron chi connectivity index (χ3n) is 6.29. The third-order valence-corrected chi connectivity index (χ3v) is 6.29. The van der Waals surface area contributed by atoms with Crippen LogP contribution in [0.4, 0.5) is 0 Å². The molecule has 37 heavy (non-hydrogen) atoms. The van der Waals surface area contributed by atoms with Crippen molar-refractivity contribution in [1.29, 1.82) is 0 Å². The van der Waals surface area contributed by atoms with Gasteiger partial charge >= 0.3 is 19.5 Å². The van der Waals surface area contributed by atoms with Crippen LogP contribution in [0, 0.1) is 0 Å². The smallest absolute Gasteiger partial charge is 0.550 e. The monoisotopic (exact) mass is 570 g/mol. The SMILES string of the molecule is CCCCCC/C=C/CCCCCCCC(=O)[O-].CCCCCC/C=C\CCCCCCCC(=O)[O-].[Zn+2]. The minimum atomic E-state index is -0.916. The molecular weight excluding hydrogens is 514 g/mol. The molecule has 0 aliphatic rings. The van der Waals surface area contributed by atoms with Crippen molar-refractivity contribution in [2.75, 3.05) is 0 Å². The maximum absolute atomic E-state index is 10.2. The molecule has 0 unspecified atom stereocenters. The molecule has 0 amide bonds. The first-order chi connectivity index (χ1) is 17.5. The summed E-state index contributed by atoms with van der Waals surface area (Å²) in [7, 11) is 0. The van der Waals surface area contributed by atoms with Crippen molar-refractivity contribution >= 4 is 11.9 Å². The van der Waals surface area contributed by atoms with Crippen molar-refractivity contribution in [3.63, 3.8) is 0 Å². The second kappa shape index (κ2) is 37.2. The third kappa shape index (κ3) is 45.4. The fourth-order valence-corrected chi connectivity index (χ4v) is 3.97. The Bertz CT molecular complexity index is 471. The first-order valence-electron chi connectivity index (χ1n) is 15.2. The minimum absolute atomic E-state index is 0. The van der Waals surface area contributed by atoms with Crippen molar-refractivity contribution in [2.24, 2.45) is 0 Å². The van der Waals surface area contributed by atoms with Gasteiger partial charge in [-0.15, -0.1) is 0 Å². The second-order valence-corrected chi connectivity index (χ2v) is 10.00. The van der Waals surface area contributed by atoms with Crippen LogP contribution in [-0.2, 0) is 29.1 Å². The molecule has 0 N–H and O–H groups in total. The topological polar surface area (TPSA) is 80.3 Å². The van der Waals surface area contributed by atoms with Gasteiger partial charge in [0.05, 0.1) is 0 Å². The largest absolute Gasteiger partial charge is 2.00 e. The number of hydrogen-bond acceptors (Lipinski definition) is 4. The summed E-state index contributed by atoms with van der Waals surface area (Å²) in [4.78, 5) is 20.4.